The molecule has 0 fully saturated rings. The Hall–Kier alpha value is -3.64. The van der Waals surface area contributed by atoms with Crippen molar-refractivity contribution in [2.45, 2.75) is 4.90 Å². The van der Waals surface area contributed by atoms with E-state index >= 15 is 0 Å². The maximum Gasteiger partial charge on any atom is 0.255 e. The molecule has 8 heteroatoms. The van der Waals surface area contributed by atoms with E-state index in [0.29, 0.717) is 34.1 Å². The summed E-state index contributed by atoms with van der Waals surface area (Å²) in [6.45, 7) is 0.317. The molecule has 0 atom stereocenters. The maximum atomic E-state index is 12.7. The van der Waals surface area contributed by atoms with Crippen LogP contribution in [0.2, 0.25) is 5.02 Å². The first-order valence-corrected chi connectivity index (χ1v) is 12.2. The number of allylic oxidation sites excluding steroid dienone is 2. The molecule has 0 bridgehead atoms. The van der Waals surface area contributed by atoms with Crippen molar-refractivity contribution in [1.82, 2.24) is 9.88 Å². The molecule has 0 radical (unpaired) electrons. The fourth-order valence-electron chi connectivity index (χ4n) is 3.21. The monoisotopic (exact) mass is 477 g/mol. The van der Waals surface area contributed by atoms with E-state index in [2.05, 4.69) is 16.0 Å². The van der Waals surface area contributed by atoms with Crippen molar-refractivity contribution in [3.63, 3.8) is 0 Å². The molecule has 2 aromatic carbocycles. The molecule has 6 nitrogen and oxygen atoms in total. The first-order chi connectivity index (χ1) is 15.9. The number of carbonyl (C=O) groups is 1. The molecule has 166 valence electrons. The van der Waals surface area contributed by atoms with Crippen LogP contribution in [0.25, 0.3) is 11.3 Å². The Balaban J connectivity index is 1.44. The summed E-state index contributed by atoms with van der Waals surface area (Å²) in [7, 11) is -3.49. The number of nitrogens with one attached hydrogen (secondary N) is 1. The number of sulfone groups is 1. The number of aromatic nitrogens is 1. The second-order valence-corrected chi connectivity index (χ2v) is 9.77. The summed E-state index contributed by atoms with van der Waals surface area (Å²) in [5.74, 6) is -0.411. The number of halogens is 1. The summed E-state index contributed by atoms with van der Waals surface area (Å²) in [6, 6.07) is 16.6. The number of amides is 1. The van der Waals surface area contributed by atoms with E-state index in [0.717, 1.165) is 0 Å². The summed E-state index contributed by atoms with van der Waals surface area (Å²) in [6.07, 6.45) is 8.69. The van der Waals surface area contributed by atoms with E-state index in [1.807, 2.05) is 18.2 Å². The third-order valence-electron chi connectivity index (χ3n) is 4.97. The van der Waals surface area contributed by atoms with Crippen molar-refractivity contribution in [2.75, 3.05) is 17.6 Å². The lowest BCUT2D eigenvalue weighted by atomic mass is 10.1. The normalized spacial score (nSPS) is 12.7. The van der Waals surface area contributed by atoms with Crippen molar-refractivity contribution in [3.05, 3.63) is 108 Å². The molecule has 33 heavy (non-hydrogen) atoms. The second kappa shape index (κ2) is 9.88. The van der Waals surface area contributed by atoms with Crippen molar-refractivity contribution in [3.8, 4) is 11.3 Å². The van der Waals surface area contributed by atoms with Gasteiger partial charge in [-0.1, -0.05) is 17.7 Å². The highest BCUT2D eigenvalue weighted by molar-refractivity contribution is 7.91. The molecule has 1 amide bonds. The number of rotatable bonds is 7. The largest absolute Gasteiger partial charge is 0.347 e. The number of benzene rings is 2. The lowest BCUT2D eigenvalue weighted by molar-refractivity contribution is 0.102. The van der Waals surface area contributed by atoms with Gasteiger partial charge in [0.05, 0.1) is 21.4 Å². The van der Waals surface area contributed by atoms with Crippen LogP contribution in [0.5, 0.6) is 0 Å². The molecule has 1 aliphatic heterocycles. The molecule has 2 heterocycles. The Bertz CT molecular complexity index is 1360. The predicted octanol–water partition coefficient (Wildman–Crippen LogP) is 4.93. The van der Waals surface area contributed by atoms with Gasteiger partial charge in [0.1, 0.15) is 0 Å². The molecule has 0 spiro atoms. The first kappa shape index (κ1) is 22.6. The number of hydrogen-bond donors (Lipinski definition) is 1. The summed E-state index contributed by atoms with van der Waals surface area (Å²) in [5, 5.41) is 3.34. The van der Waals surface area contributed by atoms with Gasteiger partial charge in [-0.15, -0.1) is 5.73 Å². The van der Waals surface area contributed by atoms with Crippen LogP contribution in [-0.4, -0.2) is 36.5 Å². The zero-order chi connectivity index (χ0) is 23.3. The molecule has 0 unspecified atom stereocenters. The number of anilines is 1. The molecular weight excluding hydrogens is 458 g/mol. The van der Waals surface area contributed by atoms with Crippen LogP contribution in [0, 0.1) is 0 Å². The van der Waals surface area contributed by atoms with Gasteiger partial charge in [0.2, 0.25) is 0 Å². The van der Waals surface area contributed by atoms with Gasteiger partial charge in [-0.2, -0.15) is 0 Å². The van der Waals surface area contributed by atoms with Crippen LogP contribution < -0.4 is 5.32 Å². The Morgan fingerprint density at radius 2 is 1.91 bits per heavy atom. The molecular formula is C25H20ClN3O3S. The molecule has 4 rings (SSSR count). The maximum absolute atomic E-state index is 12.7. The molecule has 0 saturated carbocycles. The number of nitrogens with zero attached hydrogens (tertiary/aromatic N) is 2. The fraction of sp³-hybridized carbons (Fsp3) is 0.0800. The van der Waals surface area contributed by atoms with Crippen molar-refractivity contribution in [2.24, 2.45) is 0 Å². The number of carbonyl (C=O) groups excluding carboxylic acids is 1. The van der Waals surface area contributed by atoms with Crippen molar-refractivity contribution < 1.29 is 13.2 Å². The summed E-state index contributed by atoms with van der Waals surface area (Å²) >= 11 is 6.30. The minimum absolute atomic E-state index is 0.0534. The zero-order valence-electron chi connectivity index (χ0n) is 17.5. The van der Waals surface area contributed by atoms with E-state index in [9.17, 15) is 13.2 Å². The standard InChI is InChI=1S/C25H20ClN3O3S/c26-23-12-9-20(18-22(23)24-6-2-3-13-27-24)28-25(30)19-7-10-21(11-8-19)33(31,32)17-16-29-14-4-1-5-15-29/h1-4,6-15,18H,16-17H2,(H,28,30). The lowest BCUT2D eigenvalue weighted by Crippen LogP contribution is -2.21. The smallest absolute Gasteiger partial charge is 0.255 e. The Morgan fingerprint density at radius 3 is 2.61 bits per heavy atom. The van der Waals surface area contributed by atoms with E-state index in [-0.39, 0.29) is 16.6 Å². The molecule has 1 N–H and O–H groups in total. The highest BCUT2D eigenvalue weighted by Gasteiger charge is 2.17. The van der Waals surface area contributed by atoms with Crippen LogP contribution in [0.4, 0.5) is 5.69 Å². The Morgan fingerprint density at radius 1 is 1.09 bits per heavy atom. The minimum atomic E-state index is -3.49. The van der Waals surface area contributed by atoms with Gasteiger partial charge < -0.3 is 10.2 Å². The van der Waals surface area contributed by atoms with Gasteiger partial charge in [0.15, 0.2) is 9.84 Å². The second-order valence-electron chi connectivity index (χ2n) is 7.25. The van der Waals surface area contributed by atoms with Crippen LogP contribution in [0.1, 0.15) is 10.4 Å². The van der Waals surface area contributed by atoms with Gasteiger partial charge in [-0.05, 0) is 66.7 Å². The van der Waals surface area contributed by atoms with E-state index < -0.39 is 9.84 Å². The fourth-order valence-corrected chi connectivity index (χ4v) is 4.66. The Labute approximate surface area is 197 Å². The summed E-state index contributed by atoms with van der Waals surface area (Å²) < 4.78 is 25.3. The average Bonchev–Trinajstić information content (AvgIpc) is 2.85. The van der Waals surface area contributed by atoms with Crippen LogP contribution in [-0.2, 0) is 9.84 Å². The summed E-state index contributed by atoms with van der Waals surface area (Å²) in [4.78, 5) is 18.9. The van der Waals surface area contributed by atoms with Crippen LogP contribution in [0.3, 0.4) is 0 Å². The highest BCUT2D eigenvalue weighted by atomic mass is 35.5. The molecule has 1 aromatic heterocycles. The molecule has 0 aliphatic carbocycles. The third kappa shape index (κ3) is 5.59. The topological polar surface area (TPSA) is 79.4 Å². The van der Waals surface area contributed by atoms with Gasteiger partial charge in [0.25, 0.3) is 5.91 Å². The molecule has 3 aromatic rings. The first-order valence-electron chi connectivity index (χ1n) is 10.1. The zero-order valence-corrected chi connectivity index (χ0v) is 19.1. The summed E-state index contributed by atoms with van der Waals surface area (Å²) in [5.41, 5.74) is 5.20. The van der Waals surface area contributed by atoms with E-state index in [1.54, 1.807) is 53.8 Å². The number of pyridine rings is 1. The van der Waals surface area contributed by atoms with Gasteiger partial charge in [-0.3, -0.25) is 9.78 Å². The van der Waals surface area contributed by atoms with Gasteiger partial charge in [0, 0.05) is 42.0 Å². The Kier molecular flexibility index (Phi) is 6.75. The molecule has 0 saturated heterocycles. The third-order valence-corrected chi connectivity index (χ3v) is 7.01. The lowest BCUT2D eigenvalue weighted by Gasteiger charge is -2.15. The quantitative estimate of drug-likeness (QED) is 0.488. The van der Waals surface area contributed by atoms with Crippen LogP contribution >= 0.6 is 11.6 Å². The average molecular weight is 478 g/mol. The van der Waals surface area contributed by atoms with E-state index in [4.69, 9.17) is 11.6 Å². The highest BCUT2D eigenvalue weighted by Crippen LogP contribution is 2.29. The number of hydrogen-bond acceptors (Lipinski definition) is 5. The van der Waals surface area contributed by atoms with Gasteiger partial charge in [-0.25, -0.2) is 8.42 Å². The van der Waals surface area contributed by atoms with E-state index in [1.165, 1.54) is 24.3 Å². The van der Waals surface area contributed by atoms with Crippen molar-refractivity contribution >= 4 is 33.0 Å². The minimum Gasteiger partial charge on any atom is -0.347 e. The SMILES string of the molecule is O=C(Nc1ccc(Cl)c(-c2ccccn2)c1)c1ccc(S(=O)(=O)CCN2C=C=CC=C2)cc1. The van der Waals surface area contributed by atoms with Gasteiger partial charge >= 0.3 is 0 Å². The van der Waals surface area contributed by atoms with Crippen molar-refractivity contribution in [1.29, 1.82) is 0 Å². The predicted molar refractivity (Wildman–Crippen MR) is 130 cm³/mol. The van der Waals surface area contributed by atoms with Crippen LogP contribution in [0.15, 0.2) is 102 Å². The molecule has 1 aliphatic rings.